The molecule has 4 nitrogen and oxygen atoms in total. The van der Waals surface area contributed by atoms with Crippen molar-refractivity contribution in [1.82, 2.24) is 9.97 Å². The highest BCUT2D eigenvalue weighted by molar-refractivity contribution is 5.27. The van der Waals surface area contributed by atoms with Gasteiger partial charge in [0.05, 0.1) is 0 Å². The number of rotatable bonds is 3. The molecule has 0 aliphatic heterocycles. The van der Waals surface area contributed by atoms with E-state index in [-0.39, 0.29) is 6.04 Å². The average molecular weight is 154 g/mol. The molecule has 3 N–H and O–H groups in total. The summed E-state index contributed by atoms with van der Waals surface area (Å²) in [6.45, 7) is 2.78. The van der Waals surface area contributed by atoms with Gasteiger partial charge in [0.25, 0.3) is 0 Å². The molecular weight excluding hydrogens is 140 g/mol. The van der Waals surface area contributed by atoms with E-state index >= 15 is 0 Å². The summed E-state index contributed by atoms with van der Waals surface area (Å²) in [6.07, 6.45) is 3.53. The molecule has 1 rings (SSSR count). The summed E-state index contributed by atoms with van der Waals surface area (Å²) in [4.78, 5) is 9.08. The van der Waals surface area contributed by atoms with Gasteiger partial charge in [-0.25, -0.2) is 4.98 Å². The fraction of sp³-hybridized carbons (Fsp3) is 0.571. The van der Waals surface area contributed by atoms with Crippen LogP contribution in [0.4, 0.5) is 5.95 Å². The second-order valence-corrected chi connectivity index (χ2v) is 2.77. The maximum Gasteiger partial charge on any atom is 0.202 e. The number of anilines is 1. The van der Waals surface area contributed by atoms with Crippen LogP contribution in [0, 0.1) is 0 Å². The number of likely N-dealkylation sites (N-methyl/N-ethyl adjacent to an activating group) is 1. The van der Waals surface area contributed by atoms with Crippen molar-refractivity contribution in [3.05, 3.63) is 12.4 Å². The molecule has 0 aliphatic carbocycles. The van der Waals surface area contributed by atoms with Crippen molar-refractivity contribution in [2.24, 2.45) is 5.73 Å². The van der Waals surface area contributed by atoms with Crippen LogP contribution in [-0.2, 0) is 0 Å². The van der Waals surface area contributed by atoms with Crippen LogP contribution in [0.3, 0.4) is 0 Å². The number of H-pyrrole nitrogens is 1. The van der Waals surface area contributed by atoms with Crippen LogP contribution in [-0.4, -0.2) is 29.6 Å². The maximum absolute atomic E-state index is 5.62. The van der Waals surface area contributed by atoms with Gasteiger partial charge >= 0.3 is 0 Å². The number of hydrogen-bond donors (Lipinski definition) is 2. The number of nitrogens with zero attached hydrogens (tertiary/aromatic N) is 2. The van der Waals surface area contributed by atoms with Gasteiger partial charge < -0.3 is 15.6 Å². The van der Waals surface area contributed by atoms with Crippen LogP contribution in [0.1, 0.15) is 6.92 Å². The Morgan fingerprint density at radius 1 is 1.82 bits per heavy atom. The number of aromatic amines is 1. The van der Waals surface area contributed by atoms with Crippen LogP contribution in [0.5, 0.6) is 0 Å². The van der Waals surface area contributed by atoms with Crippen LogP contribution in [0.2, 0.25) is 0 Å². The largest absolute Gasteiger partial charge is 0.344 e. The van der Waals surface area contributed by atoms with Crippen LogP contribution < -0.4 is 10.6 Å². The molecule has 11 heavy (non-hydrogen) atoms. The molecule has 0 bridgehead atoms. The van der Waals surface area contributed by atoms with Gasteiger partial charge in [-0.3, -0.25) is 0 Å². The van der Waals surface area contributed by atoms with Crippen LogP contribution in [0.25, 0.3) is 0 Å². The molecule has 1 unspecified atom stereocenters. The minimum atomic E-state index is 0.171. The van der Waals surface area contributed by atoms with Gasteiger partial charge in [0, 0.05) is 32.0 Å². The fourth-order valence-electron chi connectivity index (χ4n) is 0.984. The second-order valence-electron chi connectivity index (χ2n) is 2.77. The molecule has 0 saturated carbocycles. The van der Waals surface area contributed by atoms with Crippen molar-refractivity contribution >= 4 is 5.95 Å². The van der Waals surface area contributed by atoms with E-state index in [2.05, 4.69) is 9.97 Å². The Bertz CT molecular complexity index is 192. The van der Waals surface area contributed by atoms with Crippen LogP contribution in [0.15, 0.2) is 12.4 Å². The van der Waals surface area contributed by atoms with Gasteiger partial charge in [-0.1, -0.05) is 0 Å². The SMILES string of the molecule is CC(N)CN(C)c1ncc[nH]1. The molecular formula is C7H14N4. The first kappa shape index (κ1) is 8.07. The van der Waals surface area contributed by atoms with Crippen molar-refractivity contribution in [1.29, 1.82) is 0 Å². The van der Waals surface area contributed by atoms with Gasteiger partial charge in [-0.15, -0.1) is 0 Å². The van der Waals surface area contributed by atoms with Crippen molar-refractivity contribution in [2.45, 2.75) is 13.0 Å². The van der Waals surface area contributed by atoms with E-state index in [1.54, 1.807) is 12.4 Å². The summed E-state index contributed by atoms with van der Waals surface area (Å²) >= 11 is 0. The van der Waals surface area contributed by atoms with Gasteiger partial charge in [-0.2, -0.15) is 0 Å². The molecule has 0 amide bonds. The third-order valence-electron chi connectivity index (χ3n) is 1.41. The summed E-state index contributed by atoms with van der Waals surface area (Å²) in [7, 11) is 1.96. The molecule has 0 radical (unpaired) electrons. The lowest BCUT2D eigenvalue weighted by molar-refractivity contribution is 0.707. The van der Waals surface area contributed by atoms with E-state index < -0.39 is 0 Å². The summed E-state index contributed by atoms with van der Waals surface area (Å²) in [5, 5.41) is 0. The van der Waals surface area contributed by atoms with Crippen molar-refractivity contribution in [3.63, 3.8) is 0 Å². The third-order valence-corrected chi connectivity index (χ3v) is 1.41. The average Bonchev–Trinajstić information content (AvgIpc) is 2.35. The number of imidazole rings is 1. The Hall–Kier alpha value is -1.03. The smallest absolute Gasteiger partial charge is 0.202 e. The van der Waals surface area contributed by atoms with Gasteiger partial charge in [0.15, 0.2) is 0 Å². The number of nitrogens with two attached hydrogens (primary N) is 1. The third kappa shape index (κ3) is 2.23. The number of aromatic nitrogens is 2. The van der Waals surface area contributed by atoms with Gasteiger partial charge in [0.2, 0.25) is 5.95 Å². The molecule has 0 fully saturated rings. The monoisotopic (exact) mass is 154 g/mol. The summed E-state index contributed by atoms with van der Waals surface area (Å²) in [5.41, 5.74) is 5.62. The zero-order chi connectivity index (χ0) is 8.27. The van der Waals surface area contributed by atoms with Crippen molar-refractivity contribution < 1.29 is 0 Å². The zero-order valence-corrected chi connectivity index (χ0v) is 6.91. The number of nitrogens with one attached hydrogen (secondary N) is 1. The molecule has 1 atom stereocenters. The summed E-state index contributed by atoms with van der Waals surface area (Å²) in [5.74, 6) is 0.863. The lowest BCUT2D eigenvalue weighted by Gasteiger charge is -2.17. The molecule has 1 heterocycles. The van der Waals surface area contributed by atoms with E-state index in [4.69, 9.17) is 5.73 Å². The molecule has 0 aromatic carbocycles. The summed E-state index contributed by atoms with van der Waals surface area (Å²) < 4.78 is 0. The topological polar surface area (TPSA) is 57.9 Å². The Labute approximate surface area is 66.4 Å². The Morgan fingerprint density at radius 3 is 3.00 bits per heavy atom. The molecule has 1 aromatic rings. The highest BCUT2D eigenvalue weighted by Crippen LogP contribution is 2.01. The molecule has 0 spiro atoms. The predicted molar refractivity (Wildman–Crippen MR) is 45.5 cm³/mol. The normalized spacial score (nSPS) is 13.0. The van der Waals surface area contributed by atoms with E-state index in [1.165, 1.54) is 0 Å². The van der Waals surface area contributed by atoms with Gasteiger partial charge in [-0.05, 0) is 6.92 Å². The van der Waals surface area contributed by atoms with Crippen molar-refractivity contribution in [2.75, 3.05) is 18.5 Å². The van der Waals surface area contributed by atoms with E-state index in [0.29, 0.717) is 0 Å². The minimum Gasteiger partial charge on any atom is -0.344 e. The first-order valence-electron chi connectivity index (χ1n) is 3.66. The first-order chi connectivity index (χ1) is 5.20. The Kier molecular flexibility index (Phi) is 2.48. The van der Waals surface area contributed by atoms with Gasteiger partial charge in [0.1, 0.15) is 0 Å². The molecule has 4 heteroatoms. The Balaban J connectivity index is 2.49. The first-order valence-corrected chi connectivity index (χ1v) is 3.66. The van der Waals surface area contributed by atoms with E-state index in [0.717, 1.165) is 12.5 Å². The molecule has 1 aromatic heterocycles. The lowest BCUT2D eigenvalue weighted by Crippen LogP contribution is -2.33. The summed E-state index contributed by atoms with van der Waals surface area (Å²) in [6, 6.07) is 0.171. The Morgan fingerprint density at radius 2 is 2.55 bits per heavy atom. The standard InChI is InChI=1S/C7H14N4/c1-6(8)5-11(2)7-9-3-4-10-7/h3-4,6H,5,8H2,1-2H3,(H,9,10). The molecule has 62 valence electrons. The van der Waals surface area contributed by atoms with E-state index in [9.17, 15) is 0 Å². The fourth-order valence-corrected chi connectivity index (χ4v) is 0.984. The molecule has 0 aliphatic rings. The van der Waals surface area contributed by atoms with Crippen LogP contribution >= 0.6 is 0 Å². The highest BCUT2D eigenvalue weighted by atomic mass is 15.2. The minimum absolute atomic E-state index is 0.171. The predicted octanol–water partition coefficient (Wildman–Crippen LogP) is 0.193. The maximum atomic E-state index is 5.62. The number of hydrogen-bond acceptors (Lipinski definition) is 3. The highest BCUT2D eigenvalue weighted by Gasteiger charge is 2.03. The van der Waals surface area contributed by atoms with E-state index in [1.807, 2.05) is 18.9 Å². The quantitative estimate of drug-likeness (QED) is 0.653. The lowest BCUT2D eigenvalue weighted by atomic mass is 10.3. The van der Waals surface area contributed by atoms with Crippen molar-refractivity contribution in [3.8, 4) is 0 Å². The molecule has 0 saturated heterocycles. The zero-order valence-electron chi connectivity index (χ0n) is 6.91. The second kappa shape index (κ2) is 3.39.